The van der Waals surface area contributed by atoms with Crippen LogP contribution in [0.1, 0.15) is 57.5 Å². The van der Waals surface area contributed by atoms with Crippen molar-refractivity contribution >= 4 is 35.3 Å². The van der Waals surface area contributed by atoms with E-state index in [1.807, 2.05) is 29.2 Å². The van der Waals surface area contributed by atoms with E-state index in [1.54, 1.807) is 9.80 Å². The van der Waals surface area contributed by atoms with Gasteiger partial charge in [-0.15, -0.1) is 11.8 Å². The van der Waals surface area contributed by atoms with Gasteiger partial charge in [0.2, 0.25) is 11.8 Å². The molecule has 2 aromatic carbocycles. The molecular weight excluding hydrogens is 534 g/mol. The minimum atomic E-state index is -0.946. The smallest absolute Gasteiger partial charge is 0.322 e. The van der Waals surface area contributed by atoms with Gasteiger partial charge in [0.15, 0.2) is 11.6 Å². The van der Waals surface area contributed by atoms with Gasteiger partial charge in [-0.1, -0.05) is 38.1 Å². The number of carbonyl (C=O) groups is 3. The number of halogens is 2. The second-order valence-electron chi connectivity index (χ2n) is 11.2. The van der Waals surface area contributed by atoms with Crippen LogP contribution in [0.25, 0.3) is 0 Å². The normalized spacial score (nSPS) is 22.0. The van der Waals surface area contributed by atoms with Crippen molar-refractivity contribution in [3.63, 3.8) is 0 Å². The van der Waals surface area contributed by atoms with Crippen LogP contribution in [0.3, 0.4) is 0 Å². The highest BCUT2D eigenvalue weighted by Gasteiger charge is 2.43. The fraction of sp³-hybridized carbons (Fsp3) is 0.500. The van der Waals surface area contributed by atoms with Gasteiger partial charge in [0.25, 0.3) is 0 Å². The second-order valence-corrected chi connectivity index (χ2v) is 12.5. The molecule has 4 amide bonds. The third-order valence-corrected chi connectivity index (χ3v) is 9.55. The van der Waals surface area contributed by atoms with E-state index in [4.69, 9.17) is 0 Å². The van der Waals surface area contributed by atoms with Crippen LogP contribution in [-0.2, 0) is 16.0 Å². The highest BCUT2D eigenvalue weighted by molar-refractivity contribution is 8.01. The Hall–Kier alpha value is -3.14. The molecule has 3 aliphatic heterocycles. The average molecular weight is 573 g/mol. The Bertz CT molecular complexity index is 1270. The molecule has 2 saturated heterocycles. The highest BCUT2D eigenvalue weighted by atomic mass is 32.2. The molecule has 7 nitrogen and oxygen atoms in total. The lowest BCUT2D eigenvalue weighted by Gasteiger charge is -2.38. The van der Waals surface area contributed by atoms with Gasteiger partial charge < -0.3 is 20.0 Å². The Morgan fingerprint density at radius 3 is 2.55 bits per heavy atom. The largest absolute Gasteiger partial charge is 0.342 e. The van der Waals surface area contributed by atoms with Crippen LogP contribution in [0.2, 0.25) is 0 Å². The standard InChI is InChI=1S/C30H36F2N4O3S.H2/c1-19(2)9-15-36-28(38)26(40-29(36)21-7-8-23(31)24(32)17-21)18-27(37)34-13-11-22(12-14-34)35-16-10-20-5-3-4-6-25(20)33-30(35)39;/h3-8,17,19,22,26,29H,9-16,18H2,1-2H3,(H,33,39);1H. The number of hydrogen-bond donors (Lipinski definition) is 1. The minimum absolute atomic E-state index is 0. The number of rotatable bonds is 7. The minimum Gasteiger partial charge on any atom is -0.342 e. The molecule has 0 saturated carbocycles. The van der Waals surface area contributed by atoms with E-state index in [0.717, 1.165) is 36.2 Å². The van der Waals surface area contributed by atoms with E-state index in [9.17, 15) is 23.2 Å². The number of piperidine rings is 1. The Kier molecular flexibility index (Phi) is 8.63. The molecule has 2 aromatic rings. The number of hydrogen-bond acceptors (Lipinski definition) is 4. The maximum Gasteiger partial charge on any atom is 0.322 e. The predicted molar refractivity (Wildman–Crippen MR) is 154 cm³/mol. The van der Waals surface area contributed by atoms with Gasteiger partial charge in [0.1, 0.15) is 5.37 Å². The monoisotopic (exact) mass is 572 g/mol. The van der Waals surface area contributed by atoms with Gasteiger partial charge in [-0.2, -0.15) is 0 Å². The summed E-state index contributed by atoms with van der Waals surface area (Å²) in [5.74, 6) is -1.73. The summed E-state index contributed by atoms with van der Waals surface area (Å²) in [6.07, 6.45) is 2.97. The third kappa shape index (κ3) is 6.11. The highest BCUT2D eigenvalue weighted by Crippen LogP contribution is 2.45. The molecule has 2 atom stereocenters. The Labute approximate surface area is 239 Å². The van der Waals surface area contributed by atoms with Gasteiger partial charge in [-0.25, -0.2) is 13.6 Å². The molecule has 0 radical (unpaired) electrons. The summed E-state index contributed by atoms with van der Waals surface area (Å²) >= 11 is 1.34. The first kappa shape index (κ1) is 28.4. The number of para-hydroxylation sites is 1. The summed E-state index contributed by atoms with van der Waals surface area (Å²) in [7, 11) is 0. The molecule has 3 heterocycles. The van der Waals surface area contributed by atoms with E-state index < -0.39 is 22.3 Å². The second kappa shape index (κ2) is 12.2. The predicted octanol–water partition coefficient (Wildman–Crippen LogP) is 5.67. The molecule has 1 N–H and O–H groups in total. The molecule has 0 aromatic heterocycles. The Morgan fingerprint density at radius 1 is 1.07 bits per heavy atom. The van der Waals surface area contributed by atoms with Crippen molar-refractivity contribution in [2.45, 2.75) is 62.6 Å². The molecule has 216 valence electrons. The van der Waals surface area contributed by atoms with E-state index in [2.05, 4.69) is 19.2 Å². The number of amides is 4. The number of benzene rings is 2. The van der Waals surface area contributed by atoms with Gasteiger partial charge in [-0.05, 0) is 60.9 Å². The van der Waals surface area contributed by atoms with Crippen LogP contribution >= 0.6 is 11.8 Å². The van der Waals surface area contributed by atoms with Gasteiger partial charge in [0, 0.05) is 45.8 Å². The van der Waals surface area contributed by atoms with E-state index in [0.29, 0.717) is 50.5 Å². The number of urea groups is 1. The lowest BCUT2D eigenvalue weighted by Crippen LogP contribution is -2.50. The van der Waals surface area contributed by atoms with Crippen LogP contribution < -0.4 is 5.32 Å². The van der Waals surface area contributed by atoms with Crippen molar-refractivity contribution in [3.05, 3.63) is 65.2 Å². The van der Waals surface area contributed by atoms with Gasteiger partial charge >= 0.3 is 6.03 Å². The zero-order chi connectivity index (χ0) is 28.4. The van der Waals surface area contributed by atoms with Crippen molar-refractivity contribution in [3.8, 4) is 0 Å². The molecule has 2 fully saturated rings. The molecular formula is C30H38F2N4O3S. The Morgan fingerprint density at radius 2 is 1.82 bits per heavy atom. The molecule has 0 bridgehead atoms. The molecule has 40 heavy (non-hydrogen) atoms. The number of anilines is 1. The summed E-state index contributed by atoms with van der Waals surface area (Å²) < 4.78 is 27.6. The molecule has 3 aliphatic rings. The summed E-state index contributed by atoms with van der Waals surface area (Å²) in [4.78, 5) is 45.0. The number of nitrogens with zero attached hydrogens (tertiary/aromatic N) is 3. The van der Waals surface area contributed by atoms with Crippen molar-refractivity contribution in [1.29, 1.82) is 0 Å². The number of nitrogens with one attached hydrogen (secondary N) is 1. The molecule has 5 rings (SSSR count). The van der Waals surface area contributed by atoms with E-state index in [1.165, 1.54) is 17.8 Å². The zero-order valence-corrected chi connectivity index (χ0v) is 23.8. The van der Waals surface area contributed by atoms with Crippen LogP contribution in [0.5, 0.6) is 0 Å². The SMILES string of the molecule is CC(C)CCN1C(=O)C(CC(=O)N2CCC(N3CCc4ccccc4NC3=O)CC2)SC1c1ccc(F)c(F)c1.[HH]. The lowest BCUT2D eigenvalue weighted by atomic mass is 10.0. The molecule has 2 unspecified atom stereocenters. The summed E-state index contributed by atoms with van der Waals surface area (Å²) in [5.41, 5.74) is 2.49. The van der Waals surface area contributed by atoms with Gasteiger partial charge in [-0.3, -0.25) is 9.59 Å². The average Bonchev–Trinajstić information content (AvgIpc) is 3.13. The fourth-order valence-electron chi connectivity index (χ4n) is 5.73. The lowest BCUT2D eigenvalue weighted by molar-refractivity contribution is -0.136. The zero-order valence-electron chi connectivity index (χ0n) is 22.9. The maximum absolute atomic E-state index is 14.0. The summed E-state index contributed by atoms with van der Waals surface area (Å²) in [5, 5.41) is 1.98. The van der Waals surface area contributed by atoms with Crippen LogP contribution in [0, 0.1) is 17.6 Å². The molecule has 10 heteroatoms. The van der Waals surface area contributed by atoms with Crippen LogP contribution in [0.4, 0.5) is 19.3 Å². The van der Waals surface area contributed by atoms with Crippen LogP contribution in [0.15, 0.2) is 42.5 Å². The van der Waals surface area contributed by atoms with E-state index in [-0.39, 0.29) is 31.7 Å². The molecule has 0 spiro atoms. The van der Waals surface area contributed by atoms with Gasteiger partial charge in [0.05, 0.1) is 5.25 Å². The van der Waals surface area contributed by atoms with E-state index >= 15 is 0 Å². The first-order valence-corrected chi connectivity index (χ1v) is 15.0. The van der Waals surface area contributed by atoms with Crippen LogP contribution in [-0.4, -0.2) is 70.0 Å². The quantitative estimate of drug-likeness (QED) is 0.464. The number of likely N-dealkylation sites (tertiary alicyclic amines) is 1. The van der Waals surface area contributed by atoms with Crippen molar-refractivity contribution < 1.29 is 24.6 Å². The first-order valence-electron chi connectivity index (χ1n) is 14.1. The molecule has 0 aliphatic carbocycles. The van der Waals surface area contributed by atoms with Crippen molar-refractivity contribution in [2.24, 2.45) is 5.92 Å². The van der Waals surface area contributed by atoms with Crippen molar-refractivity contribution in [2.75, 3.05) is 31.5 Å². The number of thioether (sulfide) groups is 1. The first-order chi connectivity index (χ1) is 19.2. The Balaban J connectivity index is 0.00000387. The van der Waals surface area contributed by atoms with Crippen molar-refractivity contribution in [1.82, 2.24) is 14.7 Å². The third-order valence-electron chi connectivity index (χ3n) is 8.07. The fourth-order valence-corrected chi connectivity index (χ4v) is 7.19. The summed E-state index contributed by atoms with van der Waals surface area (Å²) in [6, 6.07) is 11.5. The number of fused-ring (bicyclic) bond motifs is 1. The number of carbonyl (C=O) groups excluding carboxylic acids is 3. The maximum atomic E-state index is 14.0. The summed E-state index contributed by atoms with van der Waals surface area (Å²) in [6.45, 7) is 6.31. The topological polar surface area (TPSA) is 73.0 Å².